The Bertz CT molecular complexity index is 909. The van der Waals surface area contributed by atoms with Crippen molar-refractivity contribution in [2.45, 2.75) is 77.6 Å². The van der Waals surface area contributed by atoms with Gasteiger partial charge in [0.25, 0.3) is 0 Å². The SMILES string of the molecule is COc1cc([C@@H](O[Si](C)(C)C(C)(C)C)[C@@H](CCCc2ccccc2)CC(=O)O)cc(OC)c1C. The lowest BCUT2D eigenvalue weighted by Gasteiger charge is -2.41. The average molecular weight is 487 g/mol. The van der Waals surface area contributed by atoms with Gasteiger partial charge in [0.1, 0.15) is 11.5 Å². The molecule has 0 saturated carbocycles. The minimum atomic E-state index is -2.21. The first-order valence-corrected chi connectivity index (χ1v) is 15.0. The lowest BCUT2D eigenvalue weighted by molar-refractivity contribution is -0.139. The molecule has 0 radical (unpaired) electrons. The summed E-state index contributed by atoms with van der Waals surface area (Å²) in [6, 6.07) is 14.3. The van der Waals surface area contributed by atoms with Crippen molar-refractivity contribution in [2.75, 3.05) is 14.2 Å². The number of ether oxygens (including phenoxy) is 2. The molecule has 2 rings (SSSR count). The maximum absolute atomic E-state index is 11.9. The van der Waals surface area contributed by atoms with Gasteiger partial charge in [-0.3, -0.25) is 4.79 Å². The molecule has 2 atom stereocenters. The molecular weight excluding hydrogens is 444 g/mol. The molecule has 0 bridgehead atoms. The molecular formula is C28H42O5Si. The Labute approximate surface area is 206 Å². The zero-order valence-corrected chi connectivity index (χ0v) is 23.1. The maximum Gasteiger partial charge on any atom is 0.303 e. The van der Waals surface area contributed by atoms with E-state index in [-0.39, 0.29) is 23.5 Å². The third-order valence-corrected chi connectivity index (χ3v) is 11.5. The third-order valence-electron chi connectivity index (χ3n) is 7.08. The summed E-state index contributed by atoms with van der Waals surface area (Å²) in [7, 11) is 1.07. The molecule has 0 aliphatic rings. The van der Waals surface area contributed by atoms with Crippen molar-refractivity contribution >= 4 is 14.3 Å². The lowest BCUT2D eigenvalue weighted by atomic mass is 9.87. The van der Waals surface area contributed by atoms with Gasteiger partial charge in [-0.05, 0) is 73.5 Å². The van der Waals surface area contributed by atoms with E-state index in [2.05, 4.69) is 46.0 Å². The van der Waals surface area contributed by atoms with Gasteiger partial charge in [0.2, 0.25) is 0 Å². The zero-order valence-electron chi connectivity index (χ0n) is 22.1. The molecule has 0 fully saturated rings. The Morgan fingerprint density at radius 2 is 1.59 bits per heavy atom. The number of methoxy groups -OCH3 is 2. The fourth-order valence-corrected chi connectivity index (χ4v) is 5.32. The second kappa shape index (κ2) is 11.9. The van der Waals surface area contributed by atoms with E-state index in [1.807, 2.05) is 37.3 Å². The van der Waals surface area contributed by atoms with Gasteiger partial charge in [-0.25, -0.2) is 0 Å². The van der Waals surface area contributed by atoms with Gasteiger partial charge in [-0.15, -0.1) is 0 Å². The van der Waals surface area contributed by atoms with Gasteiger partial charge in [0.05, 0.1) is 26.7 Å². The van der Waals surface area contributed by atoms with Crippen molar-refractivity contribution in [1.29, 1.82) is 0 Å². The quantitative estimate of drug-likeness (QED) is 0.322. The van der Waals surface area contributed by atoms with Crippen LogP contribution in [0.4, 0.5) is 0 Å². The normalized spacial score (nSPS) is 13.9. The van der Waals surface area contributed by atoms with E-state index >= 15 is 0 Å². The molecule has 1 N–H and O–H groups in total. The summed E-state index contributed by atoms with van der Waals surface area (Å²) in [6.45, 7) is 13.0. The van der Waals surface area contributed by atoms with Crippen LogP contribution in [0, 0.1) is 12.8 Å². The summed E-state index contributed by atoms with van der Waals surface area (Å²) in [6.07, 6.45) is 2.23. The molecule has 0 unspecified atom stereocenters. The van der Waals surface area contributed by atoms with Crippen molar-refractivity contribution in [2.24, 2.45) is 5.92 Å². The molecule has 2 aromatic carbocycles. The smallest absolute Gasteiger partial charge is 0.303 e. The van der Waals surface area contributed by atoms with E-state index in [9.17, 15) is 9.90 Å². The van der Waals surface area contributed by atoms with Crippen molar-refractivity contribution in [1.82, 2.24) is 0 Å². The molecule has 188 valence electrons. The topological polar surface area (TPSA) is 65.0 Å². The first kappa shape index (κ1) is 27.9. The Hall–Kier alpha value is -2.31. The standard InChI is InChI=1S/C28H42O5Si/c1-20-24(31-5)17-23(18-25(20)32-6)27(33-34(7,8)28(2,3)4)22(19-26(29)30)16-12-15-21-13-10-9-11-14-21/h9-11,13-14,17-18,22,27H,12,15-16,19H2,1-8H3,(H,29,30)/t22-,27-/m0/s1. The molecule has 2 aromatic rings. The molecule has 6 heteroatoms. The second-order valence-corrected chi connectivity index (χ2v) is 15.3. The summed E-state index contributed by atoms with van der Waals surface area (Å²) in [5, 5.41) is 9.79. The highest BCUT2D eigenvalue weighted by atomic mass is 28.4. The van der Waals surface area contributed by atoms with Crippen LogP contribution in [-0.2, 0) is 15.6 Å². The van der Waals surface area contributed by atoms with Gasteiger partial charge in [0.15, 0.2) is 8.32 Å². The first-order valence-electron chi connectivity index (χ1n) is 12.1. The van der Waals surface area contributed by atoms with Crippen molar-refractivity contribution in [3.05, 3.63) is 59.2 Å². The highest BCUT2D eigenvalue weighted by Gasteiger charge is 2.41. The Kier molecular flexibility index (Phi) is 9.77. The minimum absolute atomic E-state index is 0.0120. The number of aryl methyl sites for hydroxylation is 1. The van der Waals surface area contributed by atoms with Crippen LogP contribution in [0.25, 0.3) is 0 Å². The van der Waals surface area contributed by atoms with Crippen molar-refractivity contribution in [3.8, 4) is 11.5 Å². The van der Waals surface area contributed by atoms with Crippen LogP contribution in [0.15, 0.2) is 42.5 Å². The fraction of sp³-hybridized carbons (Fsp3) is 0.536. The predicted molar refractivity (Wildman–Crippen MR) is 140 cm³/mol. The maximum atomic E-state index is 11.9. The van der Waals surface area contributed by atoms with Crippen LogP contribution in [-0.4, -0.2) is 33.6 Å². The van der Waals surface area contributed by atoms with Gasteiger partial charge in [-0.1, -0.05) is 51.1 Å². The number of aliphatic carboxylic acids is 1. The monoisotopic (exact) mass is 486 g/mol. The molecule has 0 saturated heterocycles. The van der Waals surface area contributed by atoms with Gasteiger partial charge >= 0.3 is 5.97 Å². The number of hydrogen-bond acceptors (Lipinski definition) is 4. The molecule has 0 aliphatic carbocycles. The Balaban J connectivity index is 2.48. The molecule has 0 amide bonds. The highest BCUT2D eigenvalue weighted by molar-refractivity contribution is 6.74. The highest BCUT2D eigenvalue weighted by Crippen LogP contribution is 2.45. The lowest BCUT2D eigenvalue weighted by Crippen LogP contribution is -2.43. The molecule has 0 aliphatic heterocycles. The van der Waals surface area contributed by atoms with Crippen LogP contribution in [0.3, 0.4) is 0 Å². The van der Waals surface area contributed by atoms with Gasteiger partial charge in [-0.2, -0.15) is 0 Å². The van der Waals surface area contributed by atoms with Crippen LogP contribution in [0.2, 0.25) is 18.1 Å². The number of rotatable bonds is 12. The second-order valence-electron chi connectivity index (χ2n) is 10.6. The summed E-state index contributed by atoms with van der Waals surface area (Å²) in [4.78, 5) is 11.9. The van der Waals surface area contributed by atoms with Crippen LogP contribution >= 0.6 is 0 Å². The van der Waals surface area contributed by atoms with Crippen molar-refractivity contribution < 1.29 is 23.8 Å². The third kappa shape index (κ3) is 7.34. The summed E-state index contributed by atoms with van der Waals surface area (Å²) in [5.41, 5.74) is 3.09. The van der Waals surface area contributed by atoms with E-state index < -0.39 is 14.3 Å². The minimum Gasteiger partial charge on any atom is -0.496 e. The molecule has 34 heavy (non-hydrogen) atoms. The summed E-state index contributed by atoms with van der Waals surface area (Å²) >= 11 is 0. The van der Waals surface area contributed by atoms with E-state index in [1.54, 1.807) is 14.2 Å². The number of carbonyl (C=O) groups is 1. The van der Waals surface area contributed by atoms with E-state index in [0.29, 0.717) is 0 Å². The van der Waals surface area contributed by atoms with E-state index in [0.717, 1.165) is 41.9 Å². The molecule has 0 heterocycles. The van der Waals surface area contributed by atoms with Gasteiger partial charge in [0, 0.05) is 5.56 Å². The Morgan fingerprint density at radius 1 is 1.03 bits per heavy atom. The number of hydrogen-bond donors (Lipinski definition) is 1. The molecule has 0 spiro atoms. The van der Waals surface area contributed by atoms with Crippen LogP contribution in [0.5, 0.6) is 11.5 Å². The molecule has 0 aromatic heterocycles. The van der Waals surface area contributed by atoms with E-state index in [1.165, 1.54) is 5.56 Å². The van der Waals surface area contributed by atoms with Crippen molar-refractivity contribution in [3.63, 3.8) is 0 Å². The van der Waals surface area contributed by atoms with E-state index in [4.69, 9.17) is 13.9 Å². The first-order chi connectivity index (χ1) is 15.9. The molecule has 5 nitrogen and oxygen atoms in total. The van der Waals surface area contributed by atoms with Crippen LogP contribution in [0.1, 0.15) is 62.8 Å². The Morgan fingerprint density at radius 3 is 2.06 bits per heavy atom. The summed E-state index contributed by atoms with van der Waals surface area (Å²) < 4.78 is 18.2. The van der Waals surface area contributed by atoms with Crippen LogP contribution < -0.4 is 9.47 Å². The zero-order chi connectivity index (χ0) is 25.5. The number of carboxylic acid groups (broad SMARTS) is 1. The summed E-state index contributed by atoms with van der Waals surface area (Å²) in [5.74, 6) is 0.458. The largest absolute Gasteiger partial charge is 0.496 e. The van der Waals surface area contributed by atoms with Gasteiger partial charge < -0.3 is 19.0 Å². The number of carboxylic acids is 1. The average Bonchev–Trinajstić information content (AvgIpc) is 2.77. The number of benzene rings is 2. The fourth-order valence-electron chi connectivity index (χ4n) is 4.00. The predicted octanol–water partition coefficient (Wildman–Crippen LogP) is 7.19.